The predicted molar refractivity (Wildman–Crippen MR) is 74.6 cm³/mol. The van der Waals surface area contributed by atoms with Gasteiger partial charge in [0.2, 0.25) is 5.91 Å². The standard InChI is InChI=1S/C15H17N3O/c1-15(8-2-3-9-15)18-14(19)11-17-13-6-4-12(10-16)5-7-13/h2-7,17H,8-9,11H2,1H3,(H,18,19). The fraction of sp³-hybridized carbons (Fsp3) is 0.333. The van der Waals surface area contributed by atoms with E-state index < -0.39 is 0 Å². The molecule has 0 atom stereocenters. The molecule has 0 heterocycles. The molecule has 0 saturated carbocycles. The Morgan fingerprint density at radius 3 is 2.53 bits per heavy atom. The molecule has 2 N–H and O–H groups in total. The largest absolute Gasteiger partial charge is 0.376 e. The van der Waals surface area contributed by atoms with Crippen LogP contribution in [0.3, 0.4) is 0 Å². The van der Waals surface area contributed by atoms with Crippen LogP contribution in [-0.2, 0) is 4.79 Å². The minimum atomic E-state index is -0.135. The first-order valence-corrected chi connectivity index (χ1v) is 6.31. The van der Waals surface area contributed by atoms with Crippen molar-refractivity contribution in [2.75, 3.05) is 11.9 Å². The summed E-state index contributed by atoms with van der Waals surface area (Å²) >= 11 is 0. The zero-order valence-corrected chi connectivity index (χ0v) is 10.9. The fourth-order valence-corrected chi connectivity index (χ4v) is 2.10. The quantitative estimate of drug-likeness (QED) is 0.811. The minimum Gasteiger partial charge on any atom is -0.376 e. The highest BCUT2D eigenvalue weighted by molar-refractivity contribution is 5.81. The van der Waals surface area contributed by atoms with Gasteiger partial charge in [0.25, 0.3) is 0 Å². The van der Waals surface area contributed by atoms with Gasteiger partial charge in [0.15, 0.2) is 0 Å². The maximum absolute atomic E-state index is 11.8. The highest BCUT2D eigenvalue weighted by atomic mass is 16.2. The average Bonchev–Trinajstić information content (AvgIpc) is 2.83. The topological polar surface area (TPSA) is 64.9 Å². The number of rotatable bonds is 4. The summed E-state index contributed by atoms with van der Waals surface area (Å²) in [5, 5.41) is 14.8. The summed E-state index contributed by atoms with van der Waals surface area (Å²) in [6, 6.07) is 9.10. The first kappa shape index (κ1) is 13.2. The molecule has 1 aromatic rings. The van der Waals surface area contributed by atoms with Gasteiger partial charge in [-0.1, -0.05) is 12.2 Å². The summed E-state index contributed by atoms with van der Waals surface area (Å²) in [5.74, 6) is -0.0180. The Morgan fingerprint density at radius 1 is 1.32 bits per heavy atom. The van der Waals surface area contributed by atoms with Crippen molar-refractivity contribution in [2.24, 2.45) is 0 Å². The summed E-state index contributed by atoms with van der Waals surface area (Å²) in [6.45, 7) is 2.29. The number of carbonyl (C=O) groups excluding carboxylic acids is 1. The molecule has 1 aliphatic carbocycles. The Morgan fingerprint density at radius 2 is 1.95 bits per heavy atom. The van der Waals surface area contributed by atoms with Gasteiger partial charge in [-0.3, -0.25) is 4.79 Å². The van der Waals surface area contributed by atoms with E-state index >= 15 is 0 Å². The third kappa shape index (κ3) is 3.59. The molecule has 0 aliphatic heterocycles. The van der Waals surface area contributed by atoms with Crippen molar-refractivity contribution in [3.8, 4) is 6.07 Å². The maximum Gasteiger partial charge on any atom is 0.239 e. The Labute approximate surface area is 113 Å². The van der Waals surface area contributed by atoms with E-state index in [0.29, 0.717) is 5.56 Å². The number of benzene rings is 1. The lowest BCUT2D eigenvalue weighted by molar-refractivity contribution is -0.121. The monoisotopic (exact) mass is 255 g/mol. The summed E-state index contributed by atoms with van der Waals surface area (Å²) in [4.78, 5) is 11.8. The molecule has 0 fully saturated rings. The summed E-state index contributed by atoms with van der Waals surface area (Å²) in [5.41, 5.74) is 1.31. The second-order valence-corrected chi connectivity index (χ2v) is 5.03. The molecule has 98 valence electrons. The molecule has 1 aliphatic rings. The average molecular weight is 255 g/mol. The molecule has 0 aromatic heterocycles. The van der Waals surface area contributed by atoms with Gasteiger partial charge >= 0.3 is 0 Å². The van der Waals surface area contributed by atoms with Crippen molar-refractivity contribution in [2.45, 2.75) is 25.3 Å². The number of hydrogen-bond donors (Lipinski definition) is 2. The number of nitrogens with zero attached hydrogens (tertiary/aromatic N) is 1. The molecule has 4 heteroatoms. The molecule has 0 radical (unpaired) electrons. The molecular weight excluding hydrogens is 238 g/mol. The Balaban J connectivity index is 1.81. The summed E-state index contributed by atoms with van der Waals surface area (Å²) in [7, 11) is 0. The fourth-order valence-electron chi connectivity index (χ4n) is 2.10. The molecule has 2 rings (SSSR count). The zero-order chi connectivity index (χ0) is 13.7. The van der Waals surface area contributed by atoms with E-state index in [1.165, 1.54) is 0 Å². The van der Waals surface area contributed by atoms with Crippen LogP contribution in [0, 0.1) is 11.3 Å². The number of carbonyl (C=O) groups is 1. The third-order valence-corrected chi connectivity index (χ3v) is 3.21. The van der Waals surface area contributed by atoms with Gasteiger partial charge in [0.1, 0.15) is 0 Å². The highest BCUT2D eigenvalue weighted by Gasteiger charge is 2.26. The molecule has 0 unspecified atom stereocenters. The van der Waals surface area contributed by atoms with Crippen LogP contribution >= 0.6 is 0 Å². The van der Waals surface area contributed by atoms with E-state index in [1.807, 2.05) is 6.92 Å². The lowest BCUT2D eigenvalue weighted by atomic mass is 10.00. The van der Waals surface area contributed by atoms with Crippen LogP contribution in [-0.4, -0.2) is 18.0 Å². The first-order valence-electron chi connectivity index (χ1n) is 6.31. The van der Waals surface area contributed by atoms with Crippen molar-refractivity contribution in [1.82, 2.24) is 5.32 Å². The number of amides is 1. The van der Waals surface area contributed by atoms with E-state index in [2.05, 4.69) is 28.9 Å². The second-order valence-electron chi connectivity index (χ2n) is 5.03. The third-order valence-electron chi connectivity index (χ3n) is 3.21. The number of nitriles is 1. The van der Waals surface area contributed by atoms with E-state index in [-0.39, 0.29) is 18.0 Å². The van der Waals surface area contributed by atoms with Crippen LogP contribution in [0.4, 0.5) is 5.69 Å². The van der Waals surface area contributed by atoms with Crippen LogP contribution in [0.25, 0.3) is 0 Å². The van der Waals surface area contributed by atoms with Crippen molar-refractivity contribution in [3.05, 3.63) is 42.0 Å². The molecule has 0 bridgehead atoms. The van der Waals surface area contributed by atoms with Gasteiger partial charge in [0, 0.05) is 11.2 Å². The Hall–Kier alpha value is -2.28. The smallest absolute Gasteiger partial charge is 0.239 e. The van der Waals surface area contributed by atoms with E-state index in [0.717, 1.165) is 18.5 Å². The van der Waals surface area contributed by atoms with E-state index in [9.17, 15) is 4.79 Å². The molecule has 1 amide bonds. The highest BCUT2D eigenvalue weighted by Crippen LogP contribution is 2.22. The number of hydrogen-bond acceptors (Lipinski definition) is 3. The maximum atomic E-state index is 11.8. The predicted octanol–water partition coefficient (Wildman–Crippen LogP) is 2.20. The van der Waals surface area contributed by atoms with Crippen molar-refractivity contribution in [1.29, 1.82) is 5.26 Å². The van der Waals surface area contributed by atoms with Gasteiger partial charge in [0.05, 0.1) is 18.2 Å². The van der Waals surface area contributed by atoms with Gasteiger partial charge in [-0.05, 0) is 44.0 Å². The van der Waals surface area contributed by atoms with Crippen LogP contribution in [0.2, 0.25) is 0 Å². The van der Waals surface area contributed by atoms with E-state index in [1.54, 1.807) is 24.3 Å². The first-order chi connectivity index (χ1) is 9.11. The van der Waals surface area contributed by atoms with Gasteiger partial charge < -0.3 is 10.6 Å². The Bertz CT molecular complexity index is 517. The minimum absolute atomic E-state index is 0.0180. The van der Waals surface area contributed by atoms with Crippen LogP contribution < -0.4 is 10.6 Å². The second kappa shape index (κ2) is 5.57. The lowest BCUT2D eigenvalue weighted by Crippen LogP contribution is -2.46. The SMILES string of the molecule is CC1(NC(=O)CNc2ccc(C#N)cc2)CC=CC1. The van der Waals surface area contributed by atoms with Gasteiger partial charge in [-0.2, -0.15) is 5.26 Å². The molecular formula is C15H17N3O. The van der Waals surface area contributed by atoms with Crippen LogP contribution in [0.1, 0.15) is 25.3 Å². The van der Waals surface area contributed by atoms with Crippen molar-refractivity contribution in [3.63, 3.8) is 0 Å². The van der Waals surface area contributed by atoms with Crippen LogP contribution in [0.15, 0.2) is 36.4 Å². The molecule has 19 heavy (non-hydrogen) atoms. The van der Waals surface area contributed by atoms with Crippen molar-refractivity contribution >= 4 is 11.6 Å². The lowest BCUT2D eigenvalue weighted by Gasteiger charge is -2.25. The Kier molecular flexibility index (Phi) is 3.86. The van der Waals surface area contributed by atoms with Gasteiger partial charge in [-0.25, -0.2) is 0 Å². The number of anilines is 1. The van der Waals surface area contributed by atoms with E-state index in [4.69, 9.17) is 5.26 Å². The zero-order valence-electron chi connectivity index (χ0n) is 10.9. The van der Waals surface area contributed by atoms with Crippen LogP contribution in [0.5, 0.6) is 0 Å². The van der Waals surface area contributed by atoms with Gasteiger partial charge in [-0.15, -0.1) is 0 Å². The number of nitrogens with one attached hydrogen (secondary N) is 2. The summed E-state index contributed by atoms with van der Waals surface area (Å²) in [6.07, 6.45) is 5.95. The molecule has 4 nitrogen and oxygen atoms in total. The molecule has 1 aromatic carbocycles. The molecule has 0 spiro atoms. The van der Waals surface area contributed by atoms with Crippen molar-refractivity contribution < 1.29 is 4.79 Å². The summed E-state index contributed by atoms with van der Waals surface area (Å²) < 4.78 is 0. The molecule has 0 saturated heterocycles. The normalized spacial score (nSPS) is 15.8.